The second-order valence-electron chi connectivity index (χ2n) is 7.21. The van der Waals surface area contributed by atoms with E-state index in [0.717, 1.165) is 12.4 Å². The Labute approximate surface area is 169 Å². The van der Waals surface area contributed by atoms with Gasteiger partial charge in [-0.15, -0.1) is 12.4 Å². The fraction of sp³-hybridized carbons (Fsp3) is 0.556. The Balaban J connectivity index is 0.00000196. The fourth-order valence-electron chi connectivity index (χ4n) is 3.73. The number of nitrogens with two attached hydrogens (primary N) is 1. The molecule has 4 rings (SSSR count). The molecule has 0 spiro atoms. The van der Waals surface area contributed by atoms with Gasteiger partial charge in [-0.05, 0) is 43.4 Å². The molecule has 8 heteroatoms. The molecule has 5 nitrogen and oxygen atoms in total. The summed E-state index contributed by atoms with van der Waals surface area (Å²) in [6.07, 6.45) is 6.07. The first-order valence-electron chi connectivity index (χ1n) is 8.81. The van der Waals surface area contributed by atoms with E-state index in [-0.39, 0.29) is 24.4 Å². The van der Waals surface area contributed by atoms with Crippen molar-refractivity contribution in [3.8, 4) is 0 Å². The van der Waals surface area contributed by atoms with E-state index in [1.54, 1.807) is 0 Å². The highest BCUT2D eigenvalue weighted by atomic mass is 35.5. The van der Waals surface area contributed by atoms with Gasteiger partial charge in [0.2, 0.25) is 5.89 Å². The summed E-state index contributed by atoms with van der Waals surface area (Å²) >= 11 is 12.4. The van der Waals surface area contributed by atoms with Gasteiger partial charge in [-0.2, -0.15) is 4.98 Å². The Hall–Kier alpha value is -0.850. The minimum atomic E-state index is 0. The molecule has 0 amide bonds. The van der Waals surface area contributed by atoms with Crippen LogP contribution in [0, 0.1) is 0 Å². The first-order chi connectivity index (χ1) is 12.1. The van der Waals surface area contributed by atoms with Crippen molar-refractivity contribution in [2.75, 3.05) is 6.54 Å². The number of halogens is 3. The van der Waals surface area contributed by atoms with Crippen LogP contribution in [0.3, 0.4) is 0 Å². The maximum Gasteiger partial charge on any atom is 0.240 e. The van der Waals surface area contributed by atoms with Crippen LogP contribution in [-0.2, 0) is 18.5 Å². The third-order valence-corrected chi connectivity index (χ3v) is 6.18. The van der Waals surface area contributed by atoms with Crippen LogP contribution in [0.2, 0.25) is 10.0 Å². The smallest absolute Gasteiger partial charge is 0.240 e. The zero-order valence-electron chi connectivity index (χ0n) is 14.5. The molecule has 0 unspecified atom stereocenters. The Morgan fingerprint density at radius 2 is 2.00 bits per heavy atom. The zero-order valence-corrected chi connectivity index (χ0v) is 16.8. The summed E-state index contributed by atoms with van der Waals surface area (Å²) in [4.78, 5) is 6.86. The fourth-order valence-corrected chi connectivity index (χ4v) is 4.03. The van der Waals surface area contributed by atoms with Crippen LogP contribution in [-0.4, -0.2) is 27.6 Å². The van der Waals surface area contributed by atoms with Crippen LogP contribution in [0.4, 0.5) is 0 Å². The summed E-state index contributed by atoms with van der Waals surface area (Å²) < 4.78 is 5.15. The summed E-state index contributed by atoms with van der Waals surface area (Å²) in [5, 5.41) is 5.31. The Bertz CT molecular complexity index is 759. The quantitative estimate of drug-likeness (QED) is 0.725. The summed E-state index contributed by atoms with van der Waals surface area (Å²) in [5.74, 6) is 1.21. The van der Waals surface area contributed by atoms with Gasteiger partial charge in [0.15, 0.2) is 5.82 Å². The molecular formula is C18H23Cl3N4O. The number of benzene rings is 1. The van der Waals surface area contributed by atoms with Crippen molar-refractivity contribution >= 4 is 35.6 Å². The molecule has 0 bridgehead atoms. The number of hydrogen-bond acceptors (Lipinski definition) is 5. The van der Waals surface area contributed by atoms with Crippen molar-refractivity contribution in [3.63, 3.8) is 0 Å². The van der Waals surface area contributed by atoms with E-state index in [1.807, 2.05) is 12.1 Å². The van der Waals surface area contributed by atoms with E-state index < -0.39 is 0 Å². The molecule has 142 valence electrons. The lowest BCUT2D eigenvalue weighted by atomic mass is 9.64. The second kappa shape index (κ2) is 8.03. The number of aromatic nitrogens is 2. The molecular weight excluding hydrogens is 395 g/mol. The summed E-state index contributed by atoms with van der Waals surface area (Å²) in [6, 6.07) is 6.68. The highest BCUT2D eigenvalue weighted by Gasteiger charge is 2.43. The predicted molar refractivity (Wildman–Crippen MR) is 105 cm³/mol. The van der Waals surface area contributed by atoms with E-state index in [2.05, 4.69) is 21.1 Å². The molecule has 2 saturated carbocycles. The predicted octanol–water partition coefficient (Wildman–Crippen LogP) is 4.34. The van der Waals surface area contributed by atoms with Gasteiger partial charge in [0.05, 0.1) is 23.1 Å². The highest BCUT2D eigenvalue weighted by Crippen LogP contribution is 2.47. The lowest BCUT2D eigenvalue weighted by Gasteiger charge is -2.46. The molecule has 0 radical (unpaired) electrons. The van der Waals surface area contributed by atoms with Crippen molar-refractivity contribution in [3.05, 3.63) is 45.5 Å². The van der Waals surface area contributed by atoms with Crippen LogP contribution in [0.5, 0.6) is 0 Å². The van der Waals surface area contributed by atoms with Crippen LogP contribution in [0.1, 0.15) is 49.4 Å². The van der Waals surface area contributed by atoms with Gasteiger partial charge in [0.25, 0.3) is 0 Å². The highest BCUT2D eigenvalue weighted by molar-refractivity contribution is 6.42. The number of hydrogen-bond donors (Lipinski definition) is 1. The zero-order chi connectivity index (χ0) is 17.4. The van der Waals surface area contributed by atoms with E-state index in [4.69, 9.17) is 33.5 Å². The number of rotatable bonds is 7. The minimum absolute atomic E-state index is 0. The molecule has 2 aliphatic carbocycles. The van der Waals surface area contributed by atoms with Gasteiger partial charge in [-0.3, -0.25) is 4.90 Å². The average Bonchev–Trinajstić information content (AvgIpc) is 3.32. The van der Waals surface area contributed by atoms with Gasteiger partial charge in [-0.25, -0.2) is 0 Å². The summed E-state index contributed by atoms with van der Waals surface area (Å²) in [6.45, 7) is 1.98. The summed E-state index contributed by atoms with van der Waals surface area (Å²) in [7, 11) is 0. The molecule has 2 N–H and O–H groups in total. The third kappa shape index (κ3) is 4.02. The molecule has 1 aromatic carbocycles. The Kier molecular flexibility index (Phi) is 6.14. The van der Waals surface area contributed by atoms with Gasteiger partial charge in [0, 0.05) is 18.0 Å². The van der Waals surface area contributed by atoms with E-state index in [0.29, 0.717) is 28.5 Å². The van der Waals surface area contributed by atoms with Crippen molar-refractivity contribution < 1.29 is 4.52 Å². The van der Waals surface area contributed by atoms with Crippen LogP contribution in [0.15, 0.2) is 22.7 Å². The van der Waals surface area contributed by atoms with Crippen molar-refractivity contribution in [1.29, 1.82) is 0 Å². The number of nitrogens with zero attached hydrogens (tertiary/aromatic N) is 3. The lowest BCUT2D eigenvalue weighted by molar-refractivity contribution is 0.124. The van der Waals surface area contributed by atoms with Crippen molar-refractivity contribution in [2.24, 2.45) is 5.73 Å². The summed E-state index contributed by atoms with van der Waals surface area (Å²) in [5.41, 5.74) is 7.00. The normalized spacial score (nSPS) is 18.5. The third-order valence-electron chi connectivity index (χ3n) is 5.44. The molecule has 1 heterocycles. The molecule has 0 aliphatic heterocycles. The molecule has 1 aromatic heterocycles. The minimum Gasteiger partial charge on any atom is -0.338 e. The monoisotopic (exact) mass is 416 g/mol. The van der Waals surface area contributed by atoms with Crippen LogP contribution >= 0.6 is 35.6 Å². The van der Waals surface area contributed by atoms with E-state index >= 15 is 0 Å². The lowest BCUT2D eigenvalue weighted by Crippen LogP contribution is -2.46. The van der Waals surface area contributed by atoms with Gasteiger partial charge < -0.3 is 10.3 Å². The van der Waals surface area contributed by atoms with Crippen LogP contribution in [0.25, 0.3) is 0 Å². The first kappa shape index (κ1) is 19.9. The molecule has 2 aromatic rings. The Morgan fingerprint density at radius 3 is 2.54 bits per heavy atom. The van der Waals surface area contributed by atoms with Crippen LogP contribution < -0.4 is 5.73 Å². The van der Waals surface area contributed by atoms with Gasteiger partial charge >= 0.3 is 0 Å². The largest absolute Gasteiger partial charge is 0.338 e. The molecule has 0 saturated heterocycles. The van der Waals surface area contributed by atoms with Gasteiger partial charge in [0.1, 0.15) is 0 Å². The Morgan fingerprint density at radius 1 is 1.23 bits per heavy atom. The SMILES string of the molecule is Cl.NCc1nc(CN(CC2(c3ccc(Cl)c(Cl)c3)CCC2)C2CC2)no1. The van der Waals surface area contributed by atoms with E-state index in [9.17, 15) is 0 Å². The maximum absolute atomic E-state index is 6.27. The van der Waals surface area contributed by atoms with Gasteiger partial charge in [-0.1, -0.05) is 40.8 Å². The van der Waals surface area contributed by atoms with Crippen molar-refractivity contribution in [1.82, 2.24) is 15.0 Å². The molecule has 0 atom stereocenters. The standard InChI is InChI=1S/C18H22Cl2N4O.ClH/c19-14-5-2-12(8-15(14)20)18(6-1-7-18)11-24(13-3-4-13)10-16-22-17(9-21)25-23-16;/h2,5,8,13H,1,3-4,6-7,9-11,21H2;1H. The maximum atomic E-state index is 6.27. The molecule has 26 heavy (non-hydrogen) atoms. The molecule has 2 fully saturated rings. The van der Waals surface area contributed by atoms with Crippen molar-refractivity contribution in [2.45, 2.75) is 56.7 Å². The molecule has 2 aliphatic rings. The average molecular weight is 418 g/mol. The topological polar surface area (TPSA) is 68.2 Å². The second-order valence-corrected chi connectivity index (χ2v) is 8.02. The first-order valence-corrected chi connectivity index (χ1v) is 9.56. The van der Waals surface area contributed by atoms with E-state index in [1.165, 1.54) is 37.7 Å².